The molecule has 0 aromatic carbocycles. The van der Waals surface area contributed by atoms with E-state index >= 15 is 0 Å². The molecule has 0 aliphatic rings. The van der Waals surface area contributed by atoms with Crippen molar-refractivity contribution in [2.45, 2.75) is 26.9 Å². The molecule has 5 heteroatoms. The monoisotopic (exact) mass is 290 g/mol. The number of hydrogen-bond acceptors (Lipinski definition) is 5. The van der Waals surface area contributed by atoms with Gasteiger partial charge in [-0.3, -0.25) is 4.98 Å². The molecule has 0 amide bonds. The summed E-state index contributed by atoms with van der Waals surface area (Å²) in [5.41, 5.74) is 1.25. The Morgan fingerprint density at radius 3 is 2.75 bits per heavy atom. The number of rotatable bonds is 7. The third-order valence-electron chi connectivity index (χ3n) is 2.89. The fourth-order valence-electron chi connectivity index (χ4n) is 1.87. The Bertz CT molecular complexity index is 510. The third kappa shape index (κ3) is 4.58. The molecule has 0 saturated heterocycles. The average Bonchev–Trinajstić information content (AvgIpc) is 2.88. The Hall–Kier alpha value is -1.46. The van der Waals surface area contributed by atoms with Crippen LogP contribution in [0.2, 0.25) is 0 Å². The first-order chi connectivity index (χ1) is 9.65. The molecule has 108 valence electrons. The quantitative estimate of drug-likeness (QED) is 0.851. The standard InChI is InChI=1S/C15H22N4S/c1-12(2)8-17-9-14-10-18-15(20-14)19(3)11-13-4-6-16-7-5-13/h4-7,10,12,17H,8-9,11H2,1-3H3. The predicted molar refractivity (Wildman–Crippen MR) is 85.0 cm³/mol. The summed E-state index contributed by atoms with van der Waals surface area (Å²) >= 11 is 1.75. The molecule has 2 aromatic rings. The molecular formula is C15H22N4S. The topological polar surface area (TPSA) is 41.1 Å². The van der Waals surface area contributed by atoms with Crippen LogP contribution in [0.1, 0.15) is 24.3 Å². The van der Waals surface area contributed by atoms with Gasteiger partial charge in [0.1, 0.15) is 0 Å². The van der Waals surface area contributed by atoms with E-state index in [0.29, 0.717) is 5.92 Å². The van der Waals surface area contributed by atoms with Crippen LogP contribution in [0, 0.1) is 5.92 Å². The van der Waals surface area contributed by atoms with E-state index < -0.39 is 0 Å². The second kappa shape index (κ2) is 7.36. The van der Waals surface area contributed by atoms with Crippen molar-refractivity contribution in [1.29, 1.82) is 0 Å². The number of aromatic nitrogens is 2. The largest absolute Gasteiger partial charge is 0.347 e. The van der Waals surface area contributed by atoms with Crippen molar-refractivity contribution >= 4 is 16.5 Å². The van der Waals surface area contributed by atoms with Crippen molar-refractivity contribution < 1.29 is 0 Å². The Kier molecular flexibility index (Phi) is 5.49. The van der Waals surface area contributed by atoms with Gasteiger partial charge in [-0.15, -0.1) is 11.3 Å². The van der Waals surface area contributed by atoms with E-state index in [1.165, 1.54) is 10.4 Å². The smallest absolute Gasteiger partial charge is 0.185 e. The number of pyridine rings is 1. The Morgan fingerprint density at radius 1 is 1.30 bits per heavy atom. The zero-order valence-corrected chi connectivity index (χ0v) is 13.2. The van der Waals surface area contributed by atoms with E-state index in [0.717, 1.165) is 24.8 Å². The minimum atomic E-state index is 0.678. The average molecular weight is 290 g/mol. The van der Waals surface area contributed by atoms with E-state index in [1.54, 1.807) is 11.3 Å². The highest BCUT2D eigenvalue weighted by molar-refractivity contribution is 7.15. The van der Waals surface area contributed by atoms with Gasteiger partial charge in [-0.1, -0.05) is 13.8 Å². The molecule has 0 aliphatic carbocycles. The summed E-state index contributed by atoms with van der Waals surface area (Å²) in [6.45, 7) is 7.23. The molecule has 2 rings (SSSR count). The SMILES string of the molecule is CC(C)CNCc1cnc(N(C)Cc2ccncc2)s1. The Balaban J connectivity index is 1.88. The molecule has 2 heterocycles. The molecule has 4 nitrogen and oxygen atoms in total. The van der Waals surface area contributed by atoms with Crippen molar-refractivity contribution in [3.8, 4) is 0 Å². The minimum Gasteiger partial charge on any atom is -0.347 e. The highest BCUT2D eigenvalue weighted by atomic mass is 32.1. The van der Waals surface area contributed by atoms with Crippen LogP contribution < -0.4 is 10.2 Å². The number of thiazole rings is 1. The lowest BCUT2D eigenvalue weighted by Gasteiger charge is -2.15. The molecule has 0 aliphatic heterocycles. The maximum atomic E-state index is 4.50. The van der Waals surface area contributed by atoms with Crippen molar-refractivity contribution in [1.82, 2.24) is 15.3 Å². The van der Waals surface area contributed by atoms with Crippen LogP contribution in [0.3, 0.4) is 0 Å². The molecule has 0 bridgehead atoms. The van der Waals surface area contributed by atoms with Gasteiger partial charge in [-0.05, 0) is 30.2 Å². The first-order valence-electron chi connectivity index (χ1n) is 6.90. The molecule has 2 aromatic heterocycles. The lowest BCUT2D eigenvalue weighted by molar-refractivity contribution is 0.554. The first kappa shape index (κ1) is 14.9. The highest BCUT2D eigenvalue weighted by Crippen LogP contribution is 2.22. The summed E-state index contributed by atoms with van der Waals surface area (Å²) < 4.78 is 0. The van der Waals surface area contributed by atoms with Gasteiger partial charge >= 0.3 is 0 Å². The summed E-state index contributed by atoms with van der Waals surface area (Å²) in [6, 6.07) is 4.07. The van der Waals surface area contributed by atoms with Crippen molar-refractivity contribution in [3.05, 3.63) is 41.2 Å². The molecule has 0 radical (unpaired) electrons. The van der Waals surface area contributed by atoms with Gasteiger partial charge < -0.3 is 10.2 Å². The van der Waals surface area contributed by atoms with Crippen molar-refractivity contribution in [2.24, 2.45) is 5.92 Å². The molecule has 1 N–H and O–H groups in total. The van der Waals surface area contributed by atoms with Gasteiger partial charge in [0.2, 0.25) is 0 Å². The van der Waals surface area contributed by atoms with Crippen molar-refractivity contribution in [2.75, 3.05) is 18.5 Å². The van der Waals surface area contributed by atoms with Crippen LogP contribution in [0.25, 0.3) is 0 Å². The fourth-order valence-corrected chi connectivity index (χ4v) is 2.71. The zero-order chi connectivity index (χ0) is 14.4. The fraction of sp³-hybridized carbons (Fsp3) is 0.467. The lowest BCUT2D eigenvalue weighted by atomic mass is 10.2. The van der Waals surface area contributed by atoms with E-state index in [1.807, 2.05) is 30.7 Å². The summed E-state index contributed by atoms with van der Waals surface area (Å²) in [5.74, 6) is 0.678. The predicted octanol–water partition coefficient (Wildman–Crippen LogP) is 2.92. The van der Waals surface area contributed by atoms with Crippen LogP contribution in [-0.2, 0) is 13.1 Å². The Labute approximate surface area is 124 Å². The summed E-state index contributed by atoms with van der Waals surface area (Å²) in [4.78, 5) is 12.0. The van der Waals surface area contributed by atoms with Crippen LogP contribution in [-0.4, -0.2) is 23.6 Å². The molecule has 0 unspecified atom stereocenters. The van der Waals surface area contributed by atoms with Crippen LogP contribution in [0.5, 0.6) is 0 Å². The first-order valence-corrected chi connectivity index (χ1v) is 7.72. The maximum absolute atomic E-state index is 4.50. The van der Waals surface area contributed by atoms with E-state index in [-0.39, 0.29) is 0 Å². The Morgan fingerprint density at radius 2 is 2.05 bits per heavy atom. The number of nitrogens with zero attached hydrogens (tertiary/aromatic N) is 3. The highest BCUT2D eigenvalue weighted by Gasteiger charge is 2.07. The number of nitrogens with one attached hydrogen (secondary N) is 1. The number of anilines is 1. The number of hydrogen-bond donors (Lipinski definition) is 1. The second-order valence-corrected chi connectivity index (χ2v) is 6.44. The van der Waals surface area contributed by atoms with E-state index in [4.69, 9.17) is 0 Å². The summed E-state index contributed by atoms with van der Waals surface area (Å²) in [6.07, 6.45) is 5.62. The van der Waals surface area contributed by atoms with Crippen LogP contribution >= 0.6 is 11.3 Å². The molecule has 0 spiro atoms. The van der Waals surface area contributed by atoms with Gasteiger partial charge in [-0.25, -0.2) is 4.98 Å². The lowest BCUT2D eigenvalue weighted by Crippen LogP contribution is -2.18. The van der Waals surface area contributed by atoms with Crippen LogP contribution in [0.4, 0.5) is 5.13 Å². The zero-order valence-electron chi connectivity index (χ0n) is 12.3. The van der Waals surface area contributed by atoms with Gasteiger partial charge in [-0.2, -0.15) is 0 Å². The van der Waals surface area contributed by atoms with E-state index in [9.17, 15) is 0 Å². The van der Waals surface area contributed by atoms with Crippen LogP contribution in [0.15, 0.2) is 30.7 Å². The maximum Gasteiger partial charge on any atom is 0.185 e. The molecule has 0 saturated carbocycles. The third-order valence-corrected chi connectivity index (χ3v) is 4.00. The molecule has 0 fully saturated rings. The summed E-state index contributed by atoms with van der Waals surface area (Å²) in [7, 11) is 2.07. The van der Waals surface area contributed by atoms with Gasteiger partial charge in [0.15, 0.2) is 5.13 Å². The molecule has 20 heavy (non-hydrogen) atoms. The second-order valence-electron chi connectivity index (χ2n) is 5.35. The molecular weight excluding hydrogens is 268 g/mol. The van der Waals surface area contributed by atoms with Crippen molar-refractivity contribution in [3.63, 3.8) is 0 Å². The minimum absolute atomic E-state index is 0.678. The van der Waals surface area contributed by atoms with E-state index in [2.05, 4.69) is 41.1 Å². The summed E-state index contributed by atoms with van der Waals surface area (Å²) in [5, 5.41) is 4.51. The van der Waals surface area contributed by atoms with Gasteiger partial charge in [0.25, 0.3) is 0 Å². The normalized spacial score (nSPS) is 11.0. The molecule has 0 atom stereocenters. The van der Waals surface area contributed by atoms with Gasteiger partial charge in [0.05, 0.1) is 0 Å². The van der Waals surface area contributed by atoms with Gasteiger partial charge in [0, 0.05) is 43.6 Å².